The third kappa shape index (κ3) is 1.79. The Hall–Kier alpha value is -2.78. The molecule has 5 aromatic rings. The van der Waals surface area contributed by atoms with Crippen LogP contribution in [0.15, 0.2) is 65.4 Å². The van der Waals surface area contributed by atoms with Crippen molar-refractivity contribution in [2.24, 2.45) is 0 Å². The monoisotopic (exact) mass is 340 g/mol. The first kappa shape index (κ1) is 13.5. The molecule has 2 aromatic carbocycles. The normalized spacial score (nSPS) is 15.0. The van der Waals surface area contributed by atoms with Crippen molar-refractivity contribution in [3.8, 4) is 0 Å². The van der Waals surface area contributed by atoms with Gasteiger partial charge >= 0.3 is 0 Å². The van der Waals surface area contributed by atoms with Gasteiger partial charge in [0.05, 0.1) is 11.0 Å². The van der Waals surface area contributed by atoms with Gasteiger partial charge in [-0.15, -0.1) is 11.3 Å². The Morgan fingerprint density at radius 3 is 2.76 bits per heavy atom. The topological polar surface area (TPSA) is 20.7 Å². The molecule has 3 heterocycles. The van der Waals surface area contributed by atoms with E-state index in [1.807, 2.05) is 0 Å². The minimum atomic E-state index is 1.09. The molecule has 3 aromatic heterocycles. The van der Waals surface area contributed by atoms with Crippen molar-refractivity contribution in [2.45, 2.75) is 12.8 Å². The fourth-order valence-corrected chi connectivity index (χ4v) is 4.98. The Balaban J connectivity index is 1.81. The fourth-order valence-electron chi connectivity index (χ4n) is 4.17. The van der Waals surface area contributed by atoms with Crippen LogP contribution in [0.4, 0.5) is 0 Å². The van der Waals surface area contributed by atoms with Crippen LogP contribution in [0.5, 0.6) is 0 Å². The van der Waals surface area contributed by atoms with E-state index in [1.54, 1.807) is 11.3 Å². The highest BCUT2D eigenvalue weighted by atomic mass is 32.1. The molecule has 0 unspecified atom stereocenters. The number of thiophene rings is 1. The zero-order valence-corrected chi connectivity index (χ0v) is 14.4. The van der Waals surface area contributed by atoms with Gasteiger partial charge in [-0.1, -0.05) is 30.4 Å². The number of aromatic nitrogens is 2. The number of nitrogens with one attached hydrogen (secondary N) is 1. The first-order valence-corrected chi connectivity index (χ1v) is 9.61. The lowest BCUT2D eigenvalue weighted by Crippen LogP contribution is -1.98. The predicted molar refractivity (Wildman–Crippen MR) is 109 cm³/mol. The van der Waals surface area contributed by atoms with Crippen LogP contribution in [0, 0.1) is 0 Å². The molecule has 1 aliphatic rings. The molecule has 0 atom stereocenters. The fraction of sp³-hybridized carbons (Fsp3) is 0.0909. The van der Waals surface area contributed by atoms with Crippen LogP contribution < -0.4 is 0 Å². The molecular formula is C22H16N2S. The zero-order valence-electron chi connectivity index (χ0n) is 13.6. The average Bonchev–Trinajstić information content (AvgIpc) is 3.33. The van der Waals surface area contributed by atoms with Crippen molar-refractivity contribution in [3.05, 3.63) is 65.4 Å². The molecule has 0 spiro atoms. The summed E-state index contributed by atoms with van der Waals surface area (Å²) in [5.41, 5.74) is 6.46. The molecule has 0 bridgehead atoms. The molecular weight excluding hydrogens is 324 g/mol. The lowest BCUT2D eigenvalue weighted by atomic mass is 10.1. The van der Waals surface area contributed by atoms with Crippen molar-refractivity contribution in [2.75, 3.05) is 0 Å². The summed E-state index contributed by atoms with van der Waals surface area (Å²) in [5.74, 6) is 0. The van der Waals surface area contributed by atoms with Crippen molar-refractivity contribution < 1.29 is 0 Å². The van der Waals surface area contributed by atoms with Crippen LogP contribution in [0.3, 0.4) is 0 Å². The van der Waals surface area contributed by atoms with Crippen molar-refractivity contribution in [1.29, 1.82) is 0 Å². The van der Waals surface area contributed by atoms with Gasteiger partial charge in [-0.3, -0.25) is 0 Å². The second kappa shape index (κ2) is 4.87. The number of rotatable bonds is 1. The Bertz CT molecular complexity index is 1340. The second-order valence-corrected chi connectivity index (χ2v) is 7.46. The van der Waals surface area contributed by atoms with Crippen molar-refractivity contribution in [1.82, 2.24) is 9.55 Å². The van der Waals surface area contributed by atoms with E-state index < -0.39 is 0 Å². The minimum Gasteiger partial charge on any atom is -0.354 e. The summed E-state index contributed by atoms with van der Waals surface area (Å²) < 4.78 is 2.46. The number of hydrogen-bond acceptors (Lipinski definition) is 1. The number of H-pyrrole nitrogens is 1. The van der Waals surface area contributed by atoms with E-state index in [2.05, 4.69) is 74.9 Å². The van der Waals surface area contributed by atoms with Crippen LogP contribution >= 0.6 is 11.3 Å². The summed E-state index contributed by atoms with van der Waals surface area (Å²) >= 11 is 1.79. The van der Waals surface area contributed by atoms with Crippen LogP contribution in [0.1, 0.15) is 12.8 Å². The summed E-state index contributed by atoms with van der Waals surface area (Å²) in [6.07, 6.45) is 8.91. The van der Waals surface area contributed by atoms with Crippen molar-refractivity contribution >= 4 is 60.6 Å². The summed E-state index contributed by atoms with van der Waals surface area (Å²) in [7, 11) is 0. The Morgan fingerprint density at radius 2 is 1.84 bits per heavy atom. The molecule has 6 rings (SSSR count). The third-order valence-electron chi connectivity index (χ3n) is 5.31. The van der Waals surface area contributed by atoms with E-state index in [0.717, 1.165) is 12.8 Å². The van der Waals surface area contributed by atoms with E-state index >= 15 is 0 Å². The molecule has 120 valence electrons. The van der Waals surface area contributed by atoms with Crippen molar-refractivity contribution in [3.63, 3.8) is 0 Å². The summed E-state index contributed by atoms with van der Waals surface area (Å²) in [6.45, 7) is 0. The maximum Gasteiger partial charge on any atom is 0.0644 e. The maximum absolute atomic E-state index is 3.58. The van der Waals surface area contributed by atoms with Crippen LogP contribution in [0.2, 0.25) is 0 Å². The largest absolute Gasteiger partial charge is 0.354 e. The molecule has 0 fully saturated rings. The van der Waals surface area contributed by atoms with Crippen LogP contribution in [0.25, 0.3) is 49.3 Å². The van der Waals surface area contributed by atoms with E-state index in [9.17, 15) is 0 Å². The highest BCUT2D eigenvalue weighted by Crippen LogP contribution is 2.39. The predicted octanol–water partition coefficient (Wildman–Crippen LogP) is 6.68. The van der Waals surface area contributed by atoms with Gasteiger partial charge in [-0.25, -0.2) is 0 Å². The number of hydrogen-bond donors (Lipinski definition) is 1. The lowest BCUT2D eigenvalue weighted by molar-refractivity contribution is 0.980. The molecule has 1 aliphatic carbocycles. The van der Waals surface area contributed by atoms with Gasteiger partial charge in [0.15, 0.2) is 0 Å². The molecule has 3 heteroatoms. The molecule has 1 N–H and O–H groups in total. The number of nitrogens with zero attached hydrogens (tertiary/aromatic N) is 1. The van der Waals surface area contributed by atoms with E-state index in [4.69, 9.17) is 0 Å². The number of allylic oxidation sites excluding steroid dienone is 4. The van der Waals surface area contributed by atoms with Gasteiger partial charge in [0.25, 0.3) is 0 Å². The first-order valence-electron chi connectivity index (χ1n) is 8.67. The highest BCUT2D eigenvalue weighted by molar-refractivity contribution is 7.09. The highest BCUT2D eigenvalue weighted by Gasteiger charge is 2.17. The van der Waals surface area contributed by atoms with Crippen LogP contribution in [-0.4, -0.2) is 9.55 Å². The maximum atomic E-state index is 3.58. The second-order valence-electron chi connectivity index (χ2n) is 6.72. The third-order valence-corrected chi connectivity index (χ3v) is 6.05. The quantitative estimate of drug-likeness (QED) is 0.351. The van der Waals surface area contributed by atoms with Gasteiger partial charge in [-0.05, 0) is 37.1 Å². The van der Waals surface area contributed by atoms with Gasteiger partial charge in [0.2, 0.25) is 0 Å². The summed E-state index contributed by atoms with van der Waals surface area (Å²) in [6, 6.07) is 13.3. The number of benzene rings is 2. The number of aromatic amines is 1. The number of para-hydroxylation sites is 1. The standard InChI is InChI=1S/C22H16N2S/c1-2-6-14(7-3-1)24-21-11-16-15-8-4-5-9-19(15)23-20(16)10-17(21)18-12-25-13-22(18)24/h1-2,4-6,8-13,23H,3,7H2. The summed E-state index contributed by atoms with van der Waals surface area (Å²) in [4.78, 5) is 3.58. The molecule has 2 nitrogen and oxygen atoms in total. The average molecular weight is 340 g/mol. The smallest absolute Gasteiger partial charge is 0.0644 e. The lowest BCUT2D eigenvalue weighted by Gasteiger charge is -2.13. The van der Waals surface area contributed by atoms with Crippen LogP contribution in [-0.2, 0) is 0 Å². The molecule has 0 aliphatic heterocycles. The first-order chi connectivity index (χ1) is 12.4. The molecule has 0 saturated carbocycles. The molecule has 0 radical (unpaired) electrons. The molecule has 25 heavy (non-hydrogen) atoms. The Labute approximate surface area is 148 Å². The zero-order chi connectivity index (χ0) is 16.4. The van der Waals surface area contributed by atoms with E-state index in [1.165, 1.54) is 49.3 Å². The van der Waals surface area contributed by atoms with Gasteiger partial charge in [0.1, 0.15) is 0 Å². The van der Waals surface area contributed by atoms with Gasteiger partial charge in [-0.2, -0.15) is 0 Å². The number of fused-ring (bicyclic) bond motifs is 6. The van der Waals surface area contributed by atoms with Gasteiger partial charge in [0, 0.05) is 49.0 Å². The minimum absolute atomic E-state index is 1.09. The molecule has 0 amide bonds. The Kier molecular flexibility index (Phi) is 2.63. The Morgan fingerprint density at radius 1 is 0.880 bits per heavy atom. The van der Waals surface area contributed by atoms with Gasteiger partial charge < -0.3 is 9.55 Å². The summed E-state index contributed by atoms with van der Waals surface area (Å²) in [5, 5.41) is 9.86. The SMILES string of the molecule is C1=CCCC(n2c3cscc3c3cc4[nH]c5ccccc5c4cc32)=C1. The van der Waals surface area contributed by atoms with E-state index in [0.29, 0.717) is 0 Å². The van der Waals surface area contributed by atoms with E-state index in [-0.39, 0.29) is 0 Å². The molecule has 0 saturated heterocycles.